The van der Waals surface area contributed by atoms with Crippen molar-refractivity contribution in [1.82, 2.24) is 0 Å². The molecule has 3 nitrogen and oxygen atoms in total. The third-order valence-electron chi connectivity index (χ3n) is 10.8. The van der Waals surface area contributed by atoms with Crippen LogP contribution in [-0.4, -0.2) is 0 Å². The highest BCUT2D eigenvalue weighted by atomic mass is 16.3. The lowest BCUT2D eigenvalue weighted by atomic mass is 9.95. The zero-order chi connectivity index (χ0) is 36.3. The number of anilines is 3. The standard InChI is InChI=1S/C52H33NO2/c1-4-14-34(15-5-1)37-24-29-47(45(30-37)35-16-6-2-7-17-35)53(39-25-27-43-42-22-12-13-23-48(42)54-49(43)32-39)40-26-28-44-50(33-40)55-52-46(36-18-8-3-9-19-36)31-38-20-10-11-21-41(38)51(44)52/h1-33H. The molecule has 0 saturated heterocycles. The Morgan fingerprint density at radius 2 is 0.891 bits per heavy atom. The fraction of sp³-hybridized carbons (Fsp3) is 0. The van der Waals surface area contributed by atoms with Gasteiger partial charge in [-0.15, -0.1) is 0 Å². The lowest BCUT2D eigenvalue weighted by Gasteiger charge is -2.28. The lowest BCUT2D eigenvalue weighted by Crippen LogP contribution is -2.11. The van der Waals surface area contributed by atoms with E-state index < -0.39 is 0 Å². The number of nitrogens with zero attached hydrogens (tertiary/aromatic N) is 1. The quantitative estimate of drug-likeness (QED) is 0.173. The molecule has 11 rings (SSSR count). The van der Waals surface area contributed by atoms with Gasteiger partial charge in [-0.2, -0.15) is 0 Å². The van der Waals surface area contributed by atoms with Gasteiger partial charge >= 0.3 is 0 Å². The molecule has 0 saturated carbocycles. The summed E-state index contributed by atoms with van der Waals surface area (Å²) in [5.74, 6) is 0. The van der Waals surface area contributed by atoms with E-state index in [9.17, 15) is 0 Å². The SMILES string of the molecule is c1ccc(-c2ccc(N(c3ccc4c(c3)oc3ccccc34)c3ccc4c(c3)oc3c(-c5ccccc5)cc5ccccc5c34)c(-c3ccccc3)c2)cc1. The van der Waals surface area contributed by atoms with Crippen LogP contribution in [0.4, 0.5) is 17.1 Å². The molecule has 11 aromatic rings. The summed E-state index contributed by atoms with van der Waals surface area (Å²) in [6, 6.07) is 70.8. The Labute approximate surface area is 317 Å². The van der Waals surface area contributed by atoms with Crippen LogP contribution in [0.2, 0.25) is 0 Å². The molecule has 0 aliphatic rings. The van der Waals surface area contributed by atoms with Crippen LogP contribution in [-0.2, 0) is 0 Å². The fourth-order valence-corrected chi connectivity index (χ4v) is 8.26. The minimum Gasteiger partial charge on any atom is -0.456 e. The molecular formula is C52H33NO2. The number of benzene rings is 9. The van der Waals surface area contributed by atoms with Crippen LogP contribution in [0.25, 0.3) is 88.0 Å². The first-order chi connectivity index (χ1) is 27.3. The van der Waals surface area contributed by atoms with Crippen LogP contribution in [0.1, 0.15) is 0 Å². The fourth-order valence-electron chi connectivity index (χ4n) is 8.26. The lowest BCUT2D eigenvalue weighted by molar-refractivity contribution is 0.669. The predicted molar refractivity (Wildman–Crippen MR) is 229 cm³/mol. The second kappa shape index (κ2) is 12.6. The molecule has 9 aromatic carbocycles. The highest BCUT2D eigenvalue weighted by molar-refractivity contribution is 6.23. The summed E-state index contributed by atoms with van der Waals surface area (Å²) in [5, 5.41) is 6.79. The molecular weight excluding hydrogens is 671 g/mol. The van der Waals surface area contributed by atoms with Crippen molar-refractivity contribution < 1.29 is 8.83 Å². The van der Waals surface area contributed by atoms with Crippen LogP contribution in [0, 0.1) is 0 Å². The van der Waals surface area contributed by atoms with Gasteiger partial charge in [0.2, 0.25) is 0 Å². The van der Waals surface area contributed by atoms with E-state index in [2.05, 4.69) is 193 Å². The van der Waals surface area contributed by atoms with Gasteiger partial charge in [-0.1, -0.05) is 140 Å². The smallest absolute Gasteiger partial charge is 0.143 e. The summed E-state index contributed by atoms with van der Waals surface area (Å²) in [4.78, 5) is 2.34. The minimum atomic E-state index is 0.831. The van der Waals surface area contributed by atoms with Gasteiger partial charge in [0, 0.05) is 56.2 Å². The monoisotopic (exact) mass is 703 g/mol. The summed E-state index contributed by atoms with van der Waals surface area (Å²) >= 11 is 0. The summed E-state index contributed by atoms with van der Waals surface area (Å²) in [7, 11) is 0. The zero-order valence-electron chi connectivity index (χ0n) is 29.8. The van der Waals surface area contributed by atoms with Crippen molar-refractivity contribution in [3.8, 4) is 33.4 Å². The number of hydrogen-bond acceptors (Lipinski definition) is 3. The van der Waals surface area contributed by atoms with E-state index in [1.165, 1.54) is 16.3 Å². The normalized spacial score (nSPS) is 11.6. The largest absolute Gasteiger partial charge is 0.456 e. The summed E-state index contributed by atoms with van der Waals surface area (Å²) in [6.07, 6.45) is 0. The van der Waals surface area contributed by atoms with E-state index in [1.54, 1.807) is 0 Å². The molecule has 2 aromatic heterocycles. The molecule has 258 valence electrons. The maximum atomic E-state index is 6.97. The maximum absolute atomic E-state index is 6.97. The van der Waals surface area contributed by atoms with Gasteiger partial charge in [0.15, 0.2) is 0 Å². The molecule has 0 atom stereocenters. The molecule has 3 heteroatoms. The van der Waals surface area contributed by atoms with E-state index in [4.69, 9.17) is 8.83 Å². The van der Waals surface area contributed by atoms with Crippen molar-refractivity contribution in [3.05, 3.63) is 200 Å². The number of fused-ring (bicyclic) bond motifs is 8. The van der Waals surface area contributed by atoms with Crippen LogP contribution >= 0.6 is 0 Å². The van der Waals surface area contributed by atoms with Crippen molar-refractivity contribution in [2.45, 2.75) is 0 Å². The maximum Gasteiger partial charge on any atom is 0.143 e. The van der Waals surface area contributed by atoms with E-state index in [1.807, 2.05) is 12.1 Å². The first-order valence-electron chi connectivity index (χ1n) is 18.7. The van der Waals surface area contributed by atoms with Gasteiger partial charge in [-0.3, -0.25) is 0 Å². The van der Waals surface area contributed by atoms with Gasteiger partial charge in [0.25, 0.3) is 0 Å². The molecule has 55 heavy (non-hydrogen) atoms. The Morgan fingerprint density at radius 3 is 1.62 bits per heavy atom. The number of hydrogen-bond donors (Lipinski definition) is 0. The van der Waals surface area contributed by atoms with E-state index in [0.29, 0.717) is 0 Å². The topological polar surface area (TPSA) is 29.5 Å². The summed E-state index contributed by atoms with van der Waals surface area (Å²) in [6.45, 7) is 0. The van der Waals surface area contributed by atoms with Crippen LogP contribution < -0.4 is 4.90 Å². The predicted octanol–water partition coefficient (Wildman–Crippen LogP) is 15.1. The second-order valence-corrected chi connectivity index (χ2v) is 14.1. The van der Waals surface area contributed by atoms with Gasteiger partial charge < -0.3 is 13.7 Å². The molecule has 0 amide bonds. The minimum absolute atomic E-state index is 0.831. The van der Waals surface area contributed by atoms with Crippen molar-refractivity contribution in [3.63, 3.8) is 0 Å². The Kier molecular flexibility index (Phi) is 7.17. The van der Waals surface area contributed by atoms with Crippen LogP contribution in [0.5, 0.6) is 0 Å². The van der Waals surface area contributed by atoms with Crippen molar-refractivity contribution in [2.24, 2.45) is 0 Å². The molecule has 0 aliphatic carbocycles. The van der Waals surface area contributed by atoms with Crippen LogP contribution in [0.3, 0.4) is 0 Å². The van der Waals surface area contributed by atoms with E-state index in [0.717, 1.165) is 88.8 Å². The number of furan rings is 2. The molecule has 0 fully saturated rings. The molecule has 0 N–H and O–H groups in total. The zero-order valence-corrected chi connectivity index (χ0v) is 29.8. The van der Waals surface area contributed by atoms with Crippen molar-refractivity contribution >= 4 is 71.7 Å². The third-order valence-corrected chi connectivity index (χ3v) is 10.8. The molecule has 0 radical (unpaired) electrons. The first kappa shape index (κ1) is 31.2. The van der Waals surface area contributed by atoms with E-state index in [-0.39, 0.29) is 0 Å². The van der Waals surface area contributed by atoms with Gasteiger partial charge in [0.05, 0.1) is 5.69 Å². The Morgan fingerprint density at radius 1 is 0.327 bits per heavy atom. The molecule has 0 bridgehead atoms. The average Bonchev–Trinajstić information content (AvgIpc) is 3.83. The third kappa shape index (κ3) is 5.20. The Hall–Kier alpha value is -7.36. The van der Waals surface area contributed by atoms with E-state index >= 15 is 0 Å². The number of rotatable bonds is 6. The Bertz CT molecular complexity index is 3200. The second-order valence-electron chi connectivity index (χ2n) is 14.1. The average molecular weight is 704 g/mol. The van der Waals surface area contributed by atoms with Crippen molar-refractivity contribution in [1.29, 1.82) is 0 Å². The first-order valence-corrected chi connectivity index (χ1v) is 18.7. The summed E-state index contributed by atoms with van der Waals surface area (Å²) in [5.41, 5.74) is 13.3. The van der Waals surface area contributed by atoms with Crippen molar-refractivity contribution in [2.75, 3.05) is 4.90 Å². The van der Waals surface area contributed by atoms with Gasteiger partial charge in [-0.25, -0.2) is 0 Å². The van der Waals surface area contributed by atoms with Gasteiger partial charge in [0.1, 0.15) is 22.3 Å². The molecule has 0 unspecified atom stereocenters. The Balaban J connectivity index is 1.18. The molecule has 0 aliphatic heterocycles. The molecule has 0 spiro atoms. The highest BCUT2D eigenvalue weighted by Gasteiger charge is 2.22. The molecule has 2 heterocycles. The number of para-hydroxylation sites is 1. The summed E-state index contributed by atoms with van der Waals surface area (Å²) < 4.78 is 13.4. The van der Waals surface area contributed by atoms with Gasteiger partial charge in [-0.05, 0) is 81.6 Å². The van der Waals surface area contributed by atoms with Crippen LogP contribution in [0.15, 0.2) is 209 Å². The highest BCUT2D eigenvalue weighted by Crippen LogP contribution is 2.47.